The van der Waals surface area contributed by atoms with Gasteiger partial charge in [0.05, 0.1) is 12.9 Å². The lowest BCUT2D eigenvalue weighted by Gasteiger charge is -2.12. The molecule has 2 N–H and O–H groups in total. The van der Waals surface area contributed by atoms with Crippen LogP contribution in [0.15, 0.2) is 0 Å². The van der Waals surface area contributed by atoms with Crippen LogP contribution in [0.25, 0.3) is 0 Å². The van der Waals surface area contributed by atoms with Crippen LogP contribution in [0, 0.1) is 0 Å². The number of nitrogens with one attached hydrogen (secondary N) is 1. The maximum Gasteiger partial charge on any atom is 0.305 e. The van der Waals surface area contributed by atoms with Crippen molar-refractivity contribution in [3.63, 3.8) is 0 Å². The molecule has 1 unspecified atom stereocenters. The van der Waals surface area contributed by atoms with Crippen LogP contribution in [0.5, 0.6) is 0 Å². The molecule has 0 aromatic carbocycles. The Bertz CT molecular complexity index is 378. The first-order valence-corrected chi connectivity index (χ1v) is 7.20. The van der Waals surface area contributed by atoms with Crippen LogP contribution in [-0.4, -0.2) is 44.4 Å². The van der Waals surface area contributed by atoms with Crippen LogP contribution >= 0.6 is 0 Å². The average molecular weight is 281 g/mol. The lowest BCUT2D eigenvalue weighted by atomic mass is 10.2. The van der Waals surface area contributed by atoms with Crippen LogP contribution in [0.3, 0.4) is 0 Å². The van der Waals surface area contributed by atoms with Crippen LogP contribution in [0.1, 0.15) is 32.6 Å². The quantitative estimate of drug-likeness (QED) is 0.581. The summed E-state index contributed by atoms with van der Waals surface area (Å²) in [4.78, 5) is 21.1. The molecule has 8 heteroatoms. The molecule has 0 rings (SSSR count). The van der Waals surface area contributed by atoms with E-state index < -0.39 is 28.0 Å². The third-order valence-electron chi connectivity index (χ3n) is 2.19. The van der Waals surface area contributed by atoms with Crippen LogP contribution in [0.4, 0.5) is 0 Å². The molecule has 7 nitrogen and oxygen atoms in total. The molecule has 0 radical (unpaired) electrons. The highest BCUT2D eigenvalue weighted by molar-refractivity contribution is 7.89. The summed E-state index contributed by atoms with van der Waals surface area (Å²) in [5.74, 6) is -1.60. The Labute approximate surface area is 107 Å². The van der Waals surface area contributed by atoms with Crippen LogP contribution in [0.2, 0.25) is 0 Å². The number of rotatable bonds is 9. The van der Waals surface area contributed by atoms with Gasteiger partial charge in [0.1, 0.15) is 0 Å². The number of carboxylic acids is 1. The first-order chi connectivity index (χ1) is 8.26. The lowest BCUT2D eigenvalue weighted by molar-refractivity contribution is -0.140. The Morgan fingerprint density at radius 3 is 2.44 bits per heavy atom. The highest BCUT2D eigenvalue weighted by Crippen LogP contribution is 2.02. The van der Waals surface area contributed by atoms with Crippen molar-refractivity contribution in [2.75, 3.05) is 12.9 Å². The number of methoxy groups -OCH3 is 1. The van der Waals surface area contributed by atoms with Gasteiger partial charge in [-0.1, -0.05) is 0 Å². The minimum absolute atomic E-state index is 0.0426. The Kier molecular flexibility index (Phi) is 7.53. The number of aliphatic carboxylic acids is 1. The smallest absolute Gasteiger partial charge is 0.305 e. The number of carboxylic acid groups (broad SMARTS) is 1. The third kappa shape index (κ3) is 8.94. The predicted molar refractivity (Wildman–Crippen MR) is 64.5 cm³/mol. The van der Waals surface area contributed by atoms with Crippen molar-refractivity contribution in [2.24, 2.45) is 0 Å². The van der Waals surface area contributed by atoms with Crippen molar-refractivity contribution >= 4 is 22.0 Å². The summed E-state index contributed by atoms with van der Waals surface area (Å²) < 4.78 is 29.8. The molecule has 0 aliphatic rings. The molecule has 1 atom stereocenters. The molecule has 0 spiro atoms. The summed E-state index contributed by atoms with van der Waals surface area (Å²) >= 11 is 0. The SMILES string of the molecule is COC(=O)CCCS(=O)(=O)NC(C)CCC(=O)O. The van der Waals surface area contributed by atoms with Crippen molar-refractivity contribution in [3.8, 4) is 0 Å². The summed E-state index contributed by atoms with van der Waals surface area (Å²) in [6.07, 6.45) is 0.353. The Morgan fingerprint density at radius 2 is 1.94 bits per heavy atom. The molecule has 18 heavy (non-hydrogen) atoms. The van der Waals surface area contributed by atoms with Crippen molar-refractivity contribution in [1.82, 2.24) is 4.72 Å². The number of hydrogen-bond acceptors (Lipinski definition) is 5. The van der Waals surface area contributed by atoms with E-state index in [-0.39, 0.29) is 31.4 Å². The Hall–Kier alpha value is -1.15. The number of sulfonamides is 1. The fourth-order valence-electron chi connectivity index (χ4n) is 1.27. The minimum atomic E-state index is -3.48. The summed E-state index contributed by atoms with van der Waals surface area (Å²) in [6, 6.07) is -0.441. The molecule has 106 valence electrons. The number of carbonyl (C=O) groups excluding carboxylic acids is 1. The molecule has 0 amide bonds. The fraction of sp³-hybridized carbons (Fsp3) is 0.800. The summed E-state index contributed by atoms with van der Waals surface area (Å²) in [6.45, 7) is 1.60. The zero-order valence-electron chi connectivity index (χ0n) is 10.5. The van der Waals surface area contributed by atoms with E-state index in [1.165, 1.54) is 7.11 Å². The maximum absolute atomic E-state index is 11.5. The van der Waals surface area contributed by atoms with Gasteiger partial charge in [0.25, 0.3) is 0 Å². The topological polar surface area (TPSA) is 110 Å². The molecule has 0 aromatic rings. The summed E-state index contributed by atoms with van der Waals surface area (Å²) in [5.41, 5.74) is 0. The second-order valence-electron chi connectivity index (χ2n) is 3.95. The van der Waals surface area contributed by atoms with Crippen molar-refractivity contribution in [3.05, 3.63) is 0 Å². The van der Waals surface area contributed by atoms with E-state index in [1.54, 1.807) is 6.92 Å². The molecule has 0 fully saturated rings. The van der Waals surface area contributed by atoms with E-state index in [2.05, 4.69) is 9.46 Å². The maximum atomic E-state index is 11.5. The van der Waals surface area contributed by atoms with E-state index in [9.17, 15) is 18.0 Å². The molecule has 0 aliphatic carbocycles. The lowest BCUT2D eigenvalue weighted by Crippen LogP contribution is -2.34. The summed E-state index contributed by atoms with van der Waals surface area (Å²) in [5, 5.41) is 8.46. The second-order valence-corrected chi connectivity index (χ2v) is 5.82. The van der Waals surface area contributed by atoms with Crippen LogP contribution < -0.4 is 4.72 Å². The molecule has 0 aliphatic heterocycles. The average Bonchev–Trinajstić information content (AvgIpc) is 2.25. The van der Waals surface area contributed by atoms with Gasteiger partial charge in [0.15, 0.2) is 0 Å². The molecule has 0 saturated heterocycles. The summed E-state index contributed by atoms with van der Waals surface area (Å²) in [7, 11) is -2.24. The van der Waals surface area contributed by atoms with E-state index in [1.807, 2.05) is 0 Å². The van der Waals surface area contributed by atoms with Gasteiger partial charge in [-0.2, -0.15) is 0 Å². The third-order valence-corrected chi connectivity index (χ3v) is 3.78. The fourth-order valence-corrected chi connectivity index (χ4v) is 2.65. The molecule has 0 bridgehead atoms. The highest BCUT2D eigenvalue weighted by Gasteiger charge is 2.15. The minimum Gasteiger partial charge on any atom is -0.481 e. The molecular formula is C10H19NO6S. The Morgan fingerprint density at radius 1 is 1.33 bits per heavy atom. The van der Waals surface area contributed by atoms with Gasteiger partial charge in [-0.3, -0.25) is 9.59 Å². The molecule has 0 saturated carbocycles. The van der Waals surface area contributed by atoms with E-state index >= 15 is 0 Å². The monoisotopic (exact) mass is 281 g/mol. The normalized spacial score (nSPS) is 13.0. The number of esters is 1. The molecule has 0 heterocycles. The number of carbonyl (C=O) groups is 2. The van der Waals surface area contributed by atoms with Crippen molar-refractivity contribution < 1.29 is 27.9 Å². The number of hydrogen-bond donors (Lipinski definition) is 2. The second kappa shape index (κ2) is 8.04. The van der Waals surface area contributed by atoms with Gasteiger partial charge in [-0.05, 0) is 19.8 Å². The number of ether oxygens (including phenoxy) is 1. The van der Waals surface area contributed by atoms with Crippen molar-refractivity contribution in [2.45, 2.75) is 38.6 Å². The largest absolute Gasteiger partial charge is 0.481 e. The standard InChI is InChI=1S/C10H19NO6S/c1-8(5-6-9(12)13)11-18(15,16)7-3-4-10(14)17-2/h8,11H,3-7H2,1-2H3,(H,12,13). The van der Waals surface area contributed by atoms with Gasteiger partial charge in [-0.25, -0.2) is 13.1 Å². The van der Waals surface area contributed by atoms with Crippen LogP contribution in [-0.2, 0) is 24.3 Å². The van der Waals surface area contributed by atoms with E-state index in [0.29, 0.717) is 0 Å². The zero-order valence-corrected chi connectivity index (χ0v) is 11.3. The molecule has 0 aromatic heterocycles. The van der Waals surface area contributed by atoms with Gasteiger partial charge >= 0.3 is 11.9 Å². The highest BCUT2D eigenvalue weighted by atomic mass is 32.2. The van der Waals surface area contributed by atoms with Gasteiger partial charge in [0.2, 0.25) is 10.0 Å². The zero-order chi connectivity index (χ0) is 14.2. The Balaban J connectivity index is 3.99. The van der Waals surface area contributed by atoms with Crippen molar-refractivity contribution in [1.29, 1.82) is 0 Å². The first kappa shape index (κ1) is 16.9. The van der Waals surface area contributed by atoms with Gasteiger partial charge in [-0.15, -0.1) is 0 Å². The molecular weight excluding hydrogens is 262 g/mol. The first-order valence-electron chi connectivity index (χ1n) is 5.55. The van der Waals surface area contributed by atoms with E-state index in [0.717, 1.165) is 0 Å². The van der Waals surface area contributed by atoms with Gasteiger partial charge in [0, 0.05) is 18.9 Å². The van der Waals surface area contributed by atoms with Gasteiger partial charge < -0.3 is 9.84 Å². The van der Waals surface area contributed by atoms with E-state index in [4.69, 9.17) is 5.11 Å². The predicted octanol–water partition coefficient (Wildman–Crippen LogP) is 0.112.